The van der Waals surface area contributed by atoms with Crippen LogP contribution in [-0.2, 0) is 14.4 Å². The Morgan fingerprint density at radius 3 is 2.15 bits per heavy atom. The first kappa shape index (κ1) is 23.7. The number of carbonyl (C=O) groups is 3. The minimum absolute atomic E-state index is 0.0145. The highest BCUT2D eigenvalue weighted by Crippen LogP contribution is 2.30. The van der Waals surface area contributed by atoms with E-state index in [1.54, 1.807) is 0 Å². The van der Waals surface area contributed by atoms with Crippen molar-refractivity contribution in [1.82, 2.24) is 10.6 Å². The fourth-order valence-corrected chi connectivity index (χ4v) is 3.12. The predicted molar refractivity (Wildman–Crippen MR) is 105 cm³/mol. The van der Waals surface area contributed by atoms with Crippen molar-refractivity contribution >= 4 is 30.4 Å². The van der Waals surface area contributed by atoms with Crippen LogP contribution in [0.25, 0.3) is 0 Å². The third-order valence-corrected chi connectivity index (χ3v) is 5.46. The Balaban J connectivity index is 2.39. The van der Waals surface area contributed by atoms with Gasteiger partial charge >= 0.3 is 5.97 Å². The molecule has 6 N–H and O–H groups in total. The van der Waals surface area contributed by atoms with Crippen molar-refractivity contribution in [3.63, 3.8) is 0 Å². The number of hydrogen-bond donors (Lipinski definition) is 6. The number of amides is 2. The number of unbranched alkanes of at least 4 members (excludes halogenated alkanes) is 5. The lowest BCUT2D eigenvalue weighted by molar-refractivity contribution is -0.144. The van der Waals surface area contributed by atoms with Gasteiger partial charge in [-0.3, -0.25) is 14.4 Å². The average Bonchev–Trinajstić information content (AvgIpc) is 2.60. The number of aliphatic hydroxyl groups is 1. The molecule has 0 aromatic rings. The van der Waals surface area contributed by atoms with Gasteiger partial charge in [-0.05, 0) is 38.1 Å². The Bertz CT molecular complexity index is 488. The van der Waals surface area contributed by atoms with Gasteiger partial charge in [-0.1, -0.05) is 32.1 Å². The molecule has 0 aromatic carbocycles. The molecule has 0 unspecified atom stereocenters. The van der Waals surface area contributed by atoms with E-state index in [1.807, 2.05) is 0 Å². The largest absolute Gasteiger partial charge is 0.480 e. The fourth-order valence-electron chi connectivity index (χ4n) is 2.99. The second-order valence-electron chi connectivity index (χ2n) is 7.11. The van der Waals surface area contributed by atoms with Gasteiger partial charge < -0.3 is 26.6 Å². The van der Waals surface area contributed by atoms with Crippen LogP contribution < -0.4 is 16.4 Å². The third kappa shape index (κ3) is 8.49. The average molecular weight is 404 g/mol. The van der Waals surface area contributed by atoms with Crippen LogP contribution in [0.4, 0.5) is 0 Å². The Morgan fingerprint density at radius 1 is 1.04 bits per heavy atom. The van der Waals surface area contributed by atoms with Crippen LogP contribution in [0.5, 0.6) is 0 Å². The maximum atomic E-state index is 12.5. The molecule has 1 fully saturated rings. The summed E-state index contributed by atoms with van der Waals surface area (Å²) < 4.78 is 0. The third-order valence-electron chi connectivity index (χ3n) is 4.95. The highest BCUT2D eigenvalue weighted by molar-refractivity contribution is 7.81. The molecule has 0 radical (unpaired) electrons. The molecule has 1 aliphatic rings. The van der Waals surface area contributed by atoms with Gasteiger partial charge in [0.2, 0.25) is 5.91 Å². The second kappa shape index (κ2) is 13.0. The van der Waals surface area contributed by atoms with E-state index in [1.165, 1.54) is 0 Å². The number of carboxylic acids is 1. The number of carboxylic acid groups (broad SMARTS) is 1. The van der Waals surface area contributed by atoms with Crippen LogP contribution in [0.2, 0.25) is 0 Å². The zero-order valence-electron chi connectivity index (χ0n) is 15.7. The molecule has 2 amide bonds. The van der Waals surface area contributed by atoms with Crippen molar-refractivity contribution < 1.29 is 24.6 Å². The molecule has 0 aliphatic heterocycles. The van der Waals surface area contributed by atoms with Crippen molar-refractivity contribution in [3.05, 3.63) is 0 Å². The number of aliphatic hydroxyl groups excluding tert-OH is 1. The molecule has 0 bridgehead atoms. The van der Waals surface area contributed by atoms with Gasteiger partial charge in [0.1, 0.15) is 11.3 Å². The standard InChI is InChI=1S/C18H33N3O5S/c19-10-5-3-1-2-4-6-11-20-16(23)13(12-8-7-9-12)21-17(24)14(22)15(27)18(25)26/h12-15,22,27H,1-11,19H2,(H,20,23)(H,21,24)(H,25,26)/t13-,14-,15+/m0/s1. The van der Waals surface area contributed by atoms with E-state index >= 15 is 0 Å². The van der Waals surface area contributed by atoms with E-state index in [9.17, 15) is 19.5 Å². The highest BCUT2D eigenvalue weighted by Gasteiger charge is 2.37. The summed E-state index contributed by atoms with van der Waals surface area (Å²) in [6.07, 6.45) is 7.10. The van der Waals surface area contributed by atoms with E-state index in [4.69, 9.17) is 10.8 Å². The van der Waals surface area contributed by atoms with Crippen LogP contribution in [-0.4, -0.2) is 58.5 Å². The SMILES string of the molecule is NCCCCCCCCNC(=O)[C@@H](NC(=O)[C@@H](O)[C@@H](S)C(=O)O)C1CCC1. The quantitative estimate of drug-likeness (QED) is 0.183. The zero-order valence-corrected chi connectivity index (χ0v) is 16.6. The van der Waals surface area contributed by atoms with Gasteiger partial charge in [0.15, 0.2) is 6.10 Å². The molecule has 9 heteroatoms. The summed E-state index contributed by atoms with van der Waals surface area (Å²) in [7, 11) is 0. The molecule has 27 heavy (non-hydrogen) atoms. The van der Waals surface area contributed by atoms with Crippen LogP contribution >= 0.6 is 12.6 Å². The monoisotopic (exact) mass is 403 g/mol. The first-order chi connectivity index (χ1) is 12.9. The molecule has 1 rings (SSSR count). The van der Waals surface area contributed by atoms with Crippen molar-refractivity contribution in [2.75, 3.05) is 13.1 Å². The summed E-state index contributed by atoms with van der Waals surface area (Å²) in [5.74, 6) is -2.54. The van der Waals surface area contributed by atoms with E-state index in [0.717, 1.165) is 64.3 Å². The molecule has 1 saturated carbocycles. The van der Waals surface area contributed by atoms with Crippen molar-refractivity contribution in [1.29, 1.82) is 0 Å². The summed E-state index contributed by atoms with van der Waals surface area (Å²) >= 11 is 3.71. The van der Waals surface area contributed by atoms with Crippen molar-refractivity contribution in [2.24, 2.45) is 11.7 Å². The molecule has 0 spiro atoms. The summed E-state index contributed by atoms with van der Waals surface area (Å²) in [6.45, 7) is 1.25. The van der Waals surface area contributed by atoms with Crippen LogP contribution in [0.3, 0.4) is 0 Å². The first-order valence-corrected chi connectivity index (χ1v) is 10.3. The van der Waals surface area contributed by atoms with Gasteiger partial charge in [-0.2, -0.15) is 12.6 Å². The number of hydrogen-bond acceptors (Lipinski definition) is 6. The lowest BCUT2D eigenvalue weighted by Gasteiger charge is -2.34. The molecule has 0 heterocycles. The van der Waals surface area contributed by atoms with Gasteiger partial charge in [0.25, 0.3) is 5.91 Å². The van der Waals surface area contributed by atoms with Crippen molar-refractivity contribution in [2.45, 2.75) is 75.2 Å². The highest BCUT2D eigenvalue weighted by atomic mass is 32.1. The summed E-state index contributed by atoms with van der Waals surface area (Å²) in [4.78, 5) is 35.4. The Kier molecular flexibility index (Phi) is 11.4. The normalized spacial score (nSPS) is 17.4. The molecule has 0 saturated heterocycles. The van der Waals surface area contributed by atoms with Crippen molar-refractivity contribution in [3.8, 4) is 0 Å². The van der Waals surface area contributed by atoms with E-state index in [-0.39, 0.29) is 11.8 Å². The molecule has 3 atom stereocenters. The molecule has 1 aliphatic carbocycles. The Morgan fingerprint density at radius 2 is 1.63 bits per heavy atom. The topological polar surface area (TPSA) is 142 Å². The van der Waals surface area contributed by atoms with Crippen LogP contribution in [0, 0.1) is 5.92 Å². The minimum Gasteiger partial charge on any atom is -0.480 e. The molecule has 0 aromatic heterocycles. The second-order valence-corrected chi connectivity index (χ2v) is 7.66. The molecular weight excluding hydrogens is 370 g/mol. The number of aliphatic carboxylic acids is 1. The van der Waals surface area contributed by atoms with Gasteiger partial charge in [-0.25, -0.2) is 0 Å². The van der Waals surface area contributed by atoms with Gasteiger partial charge in [0.05, 0.1) is 0 Å². The summed E-state index contributed by atoms with van der Waals surface area (Å²) in [5.41, 5.74) is 5.45. The Labute approximate surface area is 166 Å². The lowest BCUT2D eigenvalue weighted by atomic mass is 9.79. The number of carbonyl (C=O) groups excluding carboxylic acids is 2. The van der Waals surface area contributed by atoms with E-state index in [0.29, 0.717) is 6.54 Å². The maximum Gasteiger partial charge on any atom is 0.319 e. The number of nitrogens with two attached hydrogens (primary N) is 1. The number of rotatable bonds is 14. The first-order valence-electron chi connectivity index (χ1n) is 9.75. The van der Waals surface area contributed by atoms with E-state index < -0.39 is 29.3 Å². The number of thiol groups is 1. The Hall–Kier alpha value is -1.32. The molecular formula is C18H33N3O5S. The summed E-state index contributed by atoms with van der Waals surface area (Å²) in [6, 6.07) is -0.750. The number of nitrogens with one attached hydrogen (secondary N) is 2. The van der Waals surface area contributed by atoms with E-state index in [2.05, 4.69) is 23.3 Å². The van der Waals surface area contributed by atoms with Crippen LogP contribution in [0.1, 0.15) is 57.8 Å². The zero-order chi connectivity index (χ0) is 20.2. The molecule has 156 valence electrons. The maximum absolute atomic E-state index is 12.5. The van der Waals surface area contributed by atoms with Crippen LogP contribution in [0.15, 0.2) is 0 Å². The van der Waals surface area contributed by atoms with Gasteiger partial charge in [-0.15, -0.1) is 0 Å². The lowest BCUT2D eigenvalue weighted by Crippen LogP contribution is -2.56. The fraction of sp³-hybridized carbons (Fsp3) is 0.833. The molecule has 8 nitrogen and oxygen atoms in total. The minimum atomic E-state index is -1.81. The summed E-state index contributed by atoms with van der Waals surface area (Å²) in [5, 5.41) is 22.4. The predicted octanol–water partition coefficient (Wildman–Crippen LogP) is 0.431. The van der Waals surface area contributed by atoms with Gasteiger partial charge in [0, 0.05) is 6.54 Å². The smallest absolute Gasteiger partial charge is 0.319 e.